The van der Waals surface area contributed by atoms with Gasteiger partial charge in [-0.1, -0.05) is 0 Å². The molecule has 2 atom stereocenters. The average Bonchev–Trinajstić information content (AvgIpc) is 2.39. The van der Waals surface area contributed by atoms with Gasteiger partial charge >= 0.3 is 37.7 Å². The van der Waals surface area contributed by atoms with Crippen molar-refractivity contribution in [1.29, 1.82) is 0 Å². The van der Waals surface area contributed by atoms with Crippen molar-refractivity contribution < 1.29 is 62.3 Å². The van der Waals surface area contributed by atoms with E-state index in [9.17, 15) is 19.8 Å². The maximum atomic E-state index is 9.75. The van der Waals surface area contributed by atoms with E-state index in [4.69, 9.17) is 0 Å². The number of carbonyl (C=O) groups excluding carboxylic acids is 2. The van der Waals surface area contributed by atoms with Gasteiger partial charge in [-0.3, -0.25) is 0 Å². The van der Waals surface area contributed by atoms with Gasteiger partial charge in [-0.2, -0.15) is 0 Å². The van der Waals surface area contributed by atoms with Crippen molar-refractivity contribution in [2.75, 3.05) is 0 Å². The SMILES string of the molecule is O=C([O-])C1OC1C(=O)[O-].[Li+].[Li+]. The zero-order chi connectivity index (χ0) is 7.02. The second-order valence-electron chi connectivity index (χ2n) is 1.62. The maximum absolute atomic E-state index is 9.75. The molecular formula is C4H2Li2O5. The molecule has 2 unspecified atom stereocenters. The Hall–Kier alpha value is 0.0948. The van der Waals surface area contributed by atoms with Crippen LogP contribution >= 0.6 is 0 Å². The van der Waals surface area contributed by atoms with Crippen LogP contribution in [0.4, 0.5) is 0 Å². The van der Waals surface area contributed by atoms with Gasteiger partial charge in [0.15, 0.2) is 0 Å². The third kappa shape index (κ3) is 3.33. The van der Waals surface area contributed by atoms with Gasteiger partial charge in [0, 0.05) is 0 Å². The molecule has 0 aliphatic carbocycles. The van der Waals surface area contributed by atoms with Gasteiger partial charge < -0.3 is 24.5 Å². The van der Waals surface area contributed by atoms with Crippen LogP contribution in [0, 0.1) is 0 Å². The first-order chi connectivity index (χ1) is 4.13. The fourth-order valence-electron chi connectivity index (χ4n) is 0.471. The molecule has 0 saturated carbocycles. The number of epoxide rings is 1. The van der Waals surface area contributed by atoms with Crippen molar-refractivity contribution in [2.24, 2.45) is 0 Å². The fourth-order valence-corrected chi connectivity index (χ4v) is 0.471. The Morgan fingerprint density at radius 1 is 1.00 bits per heavy atom. The first kappa shape index (κ1) is 13.7. The molecule has 0 radical (unpaired) electrons. The first-order valence-corrected chi connectivity index (χ1v) is 2.20. The third-order valence-electron chi connectivity index (χ3n) is 0.956. The Kier molecular flexibility index (Phi) is 6.05. The van der Waals surface area contributed by atoms with E-state index >= 15 is 0 Å². The van der Waals surface area contributed by atoms with E-state index in [0.717, 1.165) is 0 Å². The molecule has 50 valence electrons. The summed E-state index contributed by atoms with van der Waals surface area (Å²) in [5, 5.41) is 19.5. The number of hydrogen-bond acceptors (Lipinski definition) is 5. The van der Waals surface area contributed by atoms with Crippen molar-refractivity contribution in [3.63, 3.8) is 0 Å². The van der Waals surface area contributed by atoms with Crippen molar-refractivity contribution in [3.8, 4) is 0 Å². The monoisotopic (exact) mass is 144 g/mol. The maximum Gasteiger partial charge on any atom is 1.00 e. The van der Waals surface area contributed by atoms with E-state index in [1.165, 1.54) is 0 Å². The Morgan fingerprint density at radius 2 is 1.27 bits per heavy atom. The Balaban J connectivity index is 0. The number of carbonyl (C=O) groups is 2. The zero-order valence-electron chi connectivity index (χ0n) is 6.20. The topological polar surface area (TPSA) is 92.8 Å². The molecule has 0 spiro atoms. The van der Waals surface area contributed by atoms with Gasteiger partial charge in [0.1, 0.15) is 12.2 Å². The molecular weight excluding hydrogens is 142 g/mol. The van der Waals surface area contributed by atoms with Gasteiger partial charge in [-0.05, 0) is 0 Å². The van der Waals surface area contributed by atoms with E-state index < -0.39 is 24.1 Å². The van der Waals surface area contributed by atoms with Gasteiger partial charge in [0.05, 0.1) is 11.9 Å². The Bertz CT molecular complexity index is 152. The minimum atomic E-state index is -1.51. The molecule has 0 aromatic rings. The van der Waals surface area contributed by atoms with Gasteiger partial charge in [-0.25, -0.2) is 0 Å². The van der Waals surface area contributed by atoms with Gasteiger partial charge in [0.25, 0.3) is 0 Å². The van der Waals surface area contributed by atoms with Crippen LogP contribution in [0.5, 0.6) is 0 Å². The number of aliphatic carboxylic acids is 2. The van der Waals surface area contributed by atoms with Crippen LogP contribution in [-0.4, -0.2) is 24.1 Å². The molecule has 0 aromatic carbocycles. The minimum Gasteiger partial charge on any atom is -0.547 e. The summed E-state index contributed by atoms with van der Waals surface area (Å²) in [5.74, 6) is -3.02. The number of carboxylic acids is 2. The molecule has 0 bridgehead atoms. The van der Waals surface area contributed by atoms with Crippen LogP contribution in [0.2, 0.25) is 0 Å². The molecule has 5 nitrogen and oxygen atoms in total. The summed E-state index contributed by atoms with van der Waals surface area (Å²) in [6.45, 7) is 0. The quantitative estimate of drug-likeness (QED) is 0.283. The van der Waals surface area contributed by atoms with Crippen molar-refractivity contribution in [2.45, 2.75) is 12.2 Å². The number of rotatable bonds is 2. The smallest absolute Gasteiger partial charge is 0.547 e. The number of ether oxygens (including phenoxy) is 1. The van der Waals surface area contributed by atoms with E-state index in [-0.39, 0.29) is 37.7 Å². The molecule has 1 fully saturated rings. The molecule has 1 saturated heterocycles. The van der Waals surface area contributed by atoms with Gasteiger partial charge in [0.2, 0.25) is 0 Å². The molecule has 7 heteroatoms. The van der Waals surface area contributed by atoms with Crippen molar-refractivity contribution in [1.82, 2.24) is 0 Å². The van der Waals surface area contributed by atoms with E-state index in [1.807, 2.05) is 0 Å². The van der Waals surface area contributed by atoms with Crippen LogP contribution in [0.3, 0.4) is 0 Å². The molecule has 1 aliphatic rings. The Morgan fingerprint density at radius 3 is 1.36 bits per heavy atom. The number of carboxylic acid groups (broad SMARTS) is 2. The van der Waals surface area contributed by atoms with E-state index in [2.05, 4.69) is 4.74 Å². The third-order valence-corrected chi connectivity index (χ3v) is 0.956. The molecule has 1 aliphatic heterocycles. The predicted octanol–water partition coefficient (Wildman–Crippen LogP) is -9.74. The van der Waals surface area contributed by atoms with Crippen LogP contribution in [0.25, 0.3) is 0 Å². The van der Waals surface area contributed by atoms with Gasteiger partial charge in [-0.15, -0.1) is 0 Å². The summed E-state index contributed by atoms with van der Waals surface area (Å²) >= 11 is 0. The summed E-state index contributed by atoms with van der Waals surface area (Å²) in [6, 6.07) is 0. The normalized spacial score (nSPS) is 25.8. The summed E-state index contributed by atoms with van der Waals surface area (Å²) < 4.78 is 4.12. The molecule has 11 heavy (non-hydrogen) atoms. The Labute approximate surface area is 86.4 Å². The van der Waals surface area contributed by atoms with E-state index in [1.54, 1.807) is 0 Å². The number of hydrogen-bond donors (Lipinski definition) is 0. The minimum absolute atomic E-state index is 0. The summed E-state index contributed by atoms with van der Waals surface area (Å²) in [4.78, 5) is 19.5. The fraction of sp³-hybridized carbons (Fsp3) is 0.500. The predicted molar refractivity (Wildman–Crippen MR) is 18.7 cm³/mol. The zero-order valence-corrected chi connectivity index (χ0v) is 6.20. The standard InChI is InChI=1S/C4H4O5.2Li/c5-3(6)1-2(9-1)4(7)8;;/h1-2H,(H,5,6)(H,7,8);;/q;2*+1/p-2. The molecule has 0 amide bonds. The second kappa shape index (κ2) is 4.87. The molecule has 0 N–H and O–H groups in total. The van der Waals surface area contributed by atoms with Crippen LogP contribution in [0.1, 0.15) is 0 Å². The van der Waals surface area contributed by atoms with Crippen molar-refractivity contribution >= 4 is 11.9 Å². The summed E-state index contributed by atoms with van der Waals surface area (Å²) in [5.41, 5.74) is 0. The first-order valence-electron chi connectivity index (χ1n) is 2.20. The summed E-state index contributed by atoms with van der Waals surface area (Å²) in [6.07, 6.45) is -2.59. The van der Waals surface area contributed by atoms with Crippen LogP contribution < -0.4 is 47.9 Å². The van der Waals surface area contributed by atoms with Crippen molar-refractivity contribution in [3.05, 3.63) is 0 Å². The van der Waals surface area contributed by atoms with Crippen LogP contribution in [0.15, 0.2) is 0 Å². The average molecular weight is 144 g/mol. The second-order valence-corrected chi connectivity index (χ2v) is 1.62. The largest absolute Gasteiger partial charge is 1.00 e. The summed E-state index contributed by atoms with van der Waals surface area (Å²) in [7, 11) is 0. The molecule has 1 rings (SSSR count). The molecule has 1 heterocycles. The van der Waals surface area contributed by atoms with Crippen LogP contribution in [-0.2, 0) is 14.3 Å². The van der Waals surface area contributed by atoms with E-state index in [0.29, 0.717) is 0 Å². The molecule has 0 aromatic heterocycles.